The number of hydrogen-bond donors (Lipinski definition) is 2. The van der Waals surface area contributed by atoms with Crippen molar-refractivity contribution in [3.63, 3.8) is 0 Å². The van der Waals surface area contributed by atoms with Crippen LogP contribution in [0.5, 0.6) is 5.75 Å². The zero-order chi connectivity index (χ0) is 21.6. The summed E-state index contributed by atoms with van der Waals surface area (Å²) in [4.78, 5) is 14.5. The van der Waals surface area contributed by atoms with Crippen LogP contribution in [0.4, 0.5) is 0 Å². The topological polar surface area (TPSA) is 61.8 Å². The second kappa shape index (κ2) is 13.5. The highest BCUT2D eigenvalue weighted by Gasteiger charge is 2.09. The van der Waals surface area contributed by atoms with Crippen molar-refractivity contribution in [3.8, 4) is 5.75 Å². The van der Waals surface area contributed by atoms with Crippen LogP contribution in [0.3, 0.4) is 0 Å². The molecular weight excluding hydrogens is 376 g/mol. The molecule has 2 N–H and O–H groups in total. The maximum absolute atomic E-state index is 12.3. The number of Topliss-reactive ketones (excluding diaryl/α,β-unsaturated/α-hetero) is 1. The van der Waals surface area contributed by atoms with Crippen molar-refractivity contribution in [3.05, 3.63) is 91.0 Å². The highest BCUT2D eigenvalue weighted by molar-refractivity contribution is 5.96. The van der Waals surface area contributed by atoms with E-state index in [0.717, 1.165) is 30.9 Å². The average Bonchev–Trinajstić information content (AvgIpc) is 2.78. The molecule has 2 aromatic carbocycles. The predicted octanol–water partition coefficient (Wildman–Crippen LogP) is 3.64. The minimum Gasteiger partial charge on any atom is -0.492 e. The second-order valence-corrected chi connectivity index (χ2v) is 7.01. The summed E-state index contributed by atoms with van der Waals surface area (Å²) >= 11 is 0. The summed E-state index contributed by atoms with van der Waals surface area (Å²) in [6.07, 6.45) is 3.52. The van der Waals surface area contributed by atoms with Gasteiger partial charge in [-0.15, -0.1) is 13.2 Å². The van der Waals surface area contributed by atoms with Crippen LogP contribution in [-0.2, 0) is 0 Å². The second-order valence-electron chi connectivity index (χ2n) is 7.01. The first kappa shape index (κ1) is 23.5. The number of aliphatic hydroxyl groups is 1. The van der Waals surface area contributed by atoms with Crippen molar-refractivity contribution in [2.75, 3.05) is 39.3 Å². The van der Waals surface area contributed by atoms with Gasteiger partial charge in [0.2, 0.25) is 0 Å². The van der Waals surface area contributed by atoms with E-state index in [0.29, 0.717) is 31.7 Å². The van der Waals surface area contributed by atoms with Gasteiger partial charge in [-0.2, -0.15) is 0 Å². The van der Waals surface area contributed by atoms with Crippen molar-refractivity contribution in [1.82, 2.24) is 10.2 Å². The van der Waals surface area contributed by atoms with E-state index in [1.165, 1.54) is 0 Å². The van der Waals surface area contributed by atoms with Gasteiger partial charge < -0.3 is 15.2 Å². The van der Waals surface area contributed by atoms with Gasteiger partial charge in [-0.3, -0.25) is 9.69 Å². The molecule has 160 valence electrons. The van der Waals surface area contributed by atoms with Crippen LogP contribution < -0.4 is 10.1 Å². The Morgan fingerprint density at radius 2 is 1.73 bits per heavy atom. The molecule has 0 saturated carbocycles. The smallest absolute Gasteiger partial charge is 0.164 e. The largest absolute Gasteiger partial charge is 0.492 e. The molecule has 0 aliphatic carbocycles. The highest BCUT2D eigenvalue weighted by Crippen LogP contribution is 2.14. The van der Waals surface area contributed by atoms with Crippen molar-refractivity contribution in [2.24, 2.45) is 0 Å². The molecule has 2 rings (SSSR count). The minimum atomic E-state index is -0.577. The third-order valence-corrected chi connectivity index (χ3v) is 4.68. The molecule has 0 heterocycles. The maximum Gasteiger partial charge on any atom is 0.164 e. The Labute approximate surface area is 179 Å². The Morgan fingerprint density at radius 1 is 1.07 bits per heavy atom. The van der Waals surface area contributed by atoms with Gasteiger partial charge >= 0.3 is 0 Å². The summed E-state index contributed by atoms with van der Waals surface area (Å²) in [6, 6.07) is 16.7. The molecule has 0 aromatic heterocycles. The van der Waals surface area contributed by atoms with Crippen molar-refractivity contribution < 1.29 is 14.6 Å². The van der Waals surface area contributed by atoms with Crippen LogP contribution in [0.1, 0.15) is 28.4 Å². The van der Waals surface area contributed by atoms with Crippen LogP contribution in [0.15, 0.2) is 79.9 Å². The highest BCUT2D eigenvalue weighted by atomic mass is 16.5. The van der Waals surface area contributed by atoms with E-state index >= 15 is 0 Å². The SMILES string of the molecule is C=CCN(CC=C)CCOc1ccc(C(=O)CCNCC(O)c2ccccc2)cc1. The number of carbonyl (C=O) groups is 1. The molecule has 30 heavy (non-hydrogen) atoms. The van der Waals surface area contributed by atoms with Gasteiger partial charge in [0.25, 0.3) is 0 Å². The molecule has 2 aromatic rings. The van der Waals surface area contributed by atoms with Gasteiger partial charge in [0.15, 0.2) is 5.78 Å². The third-order valence-electron chi connectivity index (χ3n) is 4.68. The number of carbonyl (C=O) groups excluding carboxylic acids is 1. The monoisotopic (exact) mass is 408 g/mol. The average molecular weight is 409 g/mol. The first-order valence-corrected chi connectivity index (χ1v) is 10.3. The number of ketones is 1. The summed E-state index contributed by atoms with van der Waals surface area (Å²) in [6.45, 7) is 11.4. The van der Waals surface area contributed by atoms with Crippen LogP contribution in [0.2, 0.25) is 0 Å². The molecule has 1 atom stereocenters. The molecule has 0 bridgehead atoms. The Morgan fingerprint density at radius 3 is 2.37 bits per heavy atom. The Kier molecular flexibility index (Phi) is 10.6. The van der Waals surface area contributed by atoms with Gasteiger partial charge in [-0.1, -0.05) is 42.5 Å². The quantitative estimate of drug-likeness (QED) is 0.268. The molecule has 5 heteroatoms. The number of ether oxygens (including phenoxy) is 1. The summed E-state index contributed by atoms with van der Waals surface area (Å²) in [5.74, 6) is 0.805. The van der Waals surface area contributed by atoms with E-state index in [4.69, 9.17) is 4.74 Å². The number of nitrogens with zero attached hydrogens (tertiary/aromatic N) is 1. The Balaban J connectivity index is 1.69. The van der Waals surface area contributed by atoms with Crippen LogP contribution in [-0.4, -0.2) is 55.1 Å². The summed E-state index contributed by atoms with van der Waals surface area (Å²) in [5.41, 5.74) is 1.52. The molecule has 0 aliphatic rings. The fourth-order valence-electron chi connectivity index (χ4n) is 3.03. The number of nitrogens with one attached hydrogen (secondary N) is 1. The number of aliphatic hydroxyl groups excluding tert-OH is 1. The molecule has 0 radical (unpaired) electrons. The molecule has 0 amide bonds. The molecule has 1 unspecified atom stereocenters. The normalized spacial score (nSPS) is 11.8. The van der Waals surface area contributed by atoms with Crippen LogP contribution in [0, 0.1) is 0 Å². The van der Waals surface area contributed by atoms with Crippen LogP contribution >= 0.6 is 0 Å². The molecule has 5 nitrogen and oxygen atoms in total. The standard InChI is InChI=1S/C25H32N2O3/c1-3-16-27(17-4-2)18-19-30-23-12-10-22(11-13-23)24(28)14-15-26-20-25(29)21-8-6-5-7-9-21/h3-13,25-26,29H,1-2,14-20H2. The Bertz CT molecular complexity index is 765. The van der Waals surface area contributed by atoms with Crippen molar-refractivity contribution >= 4 is 5.78 Å². The van der Waals surface area contributed by atoms with E-state index in [1.807, 2.05) is 54.6 Å². The minimum absolute atomic E-state index is 0.0615. The van der Waals surface area contributed by atoms with Gasteiger partial charge in [-0.25, -0.2) is 0 Å². The van der Waals surface area contributed by atoms with Gasteiger partial charge in [0, 0.05) is 44.7 Å². The summed E-state index contributed by atoms with van der Waals surface area (Å²) < 4.78 is 5.77. The van der Waals surface area contributed by atoms with E-state index in [-0.39, 0.29) is 5.78 Å². The number of rotatable bonds is 15. The van der Waals surface area contributed by atoms with E-state index in [2.05, 4.69) is 23.4 Å². The predicted molar refractivity (Wildman–Crippen MR) is 122 cm³/mol. The molecular formula is C25H32N2O3. The lowest BCUT2D eigenvalue weighted by Gasteiger charge is -2.18. The van der Waals surface area contributed by atoms with Gasteiger partial charge in [0.05, 0.1) is 6.10 Å². The summed E-state index contributed by atoms with van der Waals surface area (Å²) in [7, 11) is 0. The molecule has 0 fully saturated rings. The maximum atomic E-state index is 12.3. The number of hydrogen-bond acceptors (Lipinski definition) is 5. The molecule has 0 saturated heterocycles. The number of benzene rings is 2. The lowest BCUT2D eigenvalue weighted by atomic mass is 10.1. The zero-order valence-corrected chi connectivity index (χ0v) is 17.5. The van der Waals surface area contributed by atoms with E-state index in [1.54, 1.807) is 12.1 Å². The van der Waals surface area contributed by atoms with E-state index < -0.39 is 6.10 Å². The first-order valence-electron chi connectivity index (χ1n) is 10.3. The van der Waals surface area contributed by atoms with Crippen molar-refractivity contribution in [1.29, 1.82) is 0 Å². The fourth-order valence-corrected chi connectivity index (χ4v) is 3.03. The van der Waals surface area contributed by atoms with Gasteiger partial charge in [-0.05, 0) is 29.8 Å². The lowest BCUT2D eigenvalue weighted by molar-refractivity contribution is 0.0979. The zero-order valence-electron chi connectivity index (χ0n) is 17.5. The summed E-state index contributed by atoms with van der Waals surface area (Å²) in [5, 5.41) is 13.3. The van der Waals surface area contributed by atoms with Crippen LogP contribution in [0.25, 0.3) is 0 Å². The van der Waals surface area contributed by atoms with E-state index in [9.17, 15) is 9.90 Å². The molecule has 0 spiro atoms. The van der Waals surface area contributed by atoms with Gasteiger partial charge in [0.1, 0.15) is 12.4 Å². The Hall–Kier alpha value is -2.73. The molecule has 0 aliphatic heterocycles. The first-order chi connectivity index (χ1) is 14.6. The van der Waals surface area contributed by atoms with Crippen molar-refractivity contribution in [2.45, 2.75) is 12.5 Å². The lowest BCUT2D eigenvalue weighted by Crippen LogP contribution is -2.28. The third kappa shape index (κ3) is 8.33. The fraction of sp³-hybridized carbons (Fsp3) is 0.320.